The number of carbonyl (C=O) groups is 2. The quantitative estimate of drug-likeness (QED) is 0.0232. The van der Waals surface area contributed by atoms with Crippen LogP contribution in [0.15, 0.2) is 12.2 Å². The van der Waals surface area contributed by atoms with Gasteiger partial charge in [0.25, 0.3) is 0 Å². The van der Waals surface area contributed by atoms with E-state index in [1.807, 2.05) is 0 Å². The summed E-state index contributed by atoms with van der Waals surface area (Å²) in [6, 6.07) is -1.47. The van der Waals surface area contributed by atoms with Crippen molar-refractivity contribution in [3.05, 3.63) is 12.2 Å². The Bertz CT molecular complexity index is 1080. The van der Waals surface area contributed by atoms with Gasteiger partial charge in [0.05, 0.1) is 19.8 Å². The number of hydrogen-bond acceptors (Lipinski definition) is 8. The lowest BCUT2D eigenvalue weighted by Crippen LogP contribution is -2.34. The minimum Gasteiger partial charge on any atom is -0.480 e. The molecule has 64 heavy (non-hydrogen) atoms. The van der Waals surface area contributed by atoms with Crippen LogP contribution in [0.5, 0.6) is 0 Å². The van der Waals surface area contributed by atoms with Crippen LogP contribution in [0.25, 0.3) is 0 Å². The van der Waals surface area contributed by atoms with Crippen molar-refractivity contribution in [3.63, 3.8) is 0 Å². The lowest BCUT2D eigenvalue weighted by molar-refractivity contribution is -0.154. The van der Waals surface area contributed by atoms with Crippen LogP contribution in [0.3, 0.4) is 0 Å². The molecule has 0 bridgehead atoms. The number of nitrogens with two attached hydrogens (primary N) is 1. The predicted molar refractivity (Wildman–Crippen MR) is 268 cm³/mol. The van der Waals surface area contributed by atoms with Gasteiger partial charge in [-0.1, -0.05) is 244 Å². The summed E-state index contributed by atoms with van der Waals surface area (Å²) in [4.78, 5) is 33.7. The molecule has 0 radical (unpaired) electrons. The highest BCUT2D eigenvalue weighted by molar-refractivity contribution is 7.47. The molecule has 380 valence electrons. The zero-order valence-corrected chi connectivity index (χ0v) is 42.8. The van der Waals surface area contributed by atoms with Gasteiger partial charge in [0.15, 0.2) is 0 Å². The molecule has 0 saturated heterocycles. The number of esters is 1. The molecule has 0 amide bonds. The molecule has 0 aromatic heterocycles. The van der Waals surface area contributed by atoms with Crippen molar-refractivity contribution in [1.29, 1.82) is 0 Å². The van der Waals surface area contributed by atoms with E-state index in [0.717, 1.165) is 38.5 Å². The molecule has 3 atom stereocenters. The Hall–Kier alpha value is -1.29. The molecule has 4 N–H and O–H groups in total. The van der Waals surface area contributed by atoms with Gasteiger partial charge in [-0.3, -0.25) is 18.6 Å². The Kier molecular flexibility index (Phi) is 48.6. The van der Waals surface area contributed by atoms with E-state index < -0.39 is 45.1 Å². The zero-order chi connectivity index (χ0) is 46.9. The van der Waals surface area contributed by atoms with Gasteiger partial charge >= 0.3 is 19.8 Å². The second kappa shape index (κ2) is 49.6. The number of phosphoric acid groups is 1. The van der Waals surface area contributed by atoms with Gasteiger partial charge in [0, 0.05) is 13.0 Å². The smallest absolute Gasteiger partial charge is 0.472 e. The summed E-state index contributed by atoms with van der Waals surface area (Å²) in [7, 11) is -4.62. The molecule has 0 aliphatic heterocycles. The van der Waals surface area contributed by atoms with Gasteiger partial charge in [0.1, 0.15) is 12.1 Å². The van der Waals surface area contributed by atoms with E-state index in [1.165, 1.54) is 212 Å². The summed E-state index contributed by atoms with van der Waals surface area (Å²) in [5, 5.41) is 8.94. The summed E-state index contributed by atoms with van der Waals surface area (Å²) in [6.07, 6.45) is 55.6. The molecule has 0 heterocycles. The van der Waals surface area contributed by atoms with Crippen LogP contribution >= 0.6 is 7.82 Å². The van der Waals surface area contributed by atoms with Crippen LogP contribution in [-0.2, 0) is 32.7 Å². The SMILES string of the molecule is CCCCCCCC/C=C\CCCCCCCCCCCC(=O)OC(COCCCCCCCCCCCCCCCCCCCCCCCCC)COP(=O)(O)OCC(N)C(=O)O. The maximum absolute atomic E-state index is 12.7. The highest BCUT2D eigenvalue weighted by Gasteiger charge is 2.27. The molecule has 3 unspecified atom stereocenters. The van der Waals surface area contributed by atoms with E-state index in [-0.39, 0.29) is 13.0 Å². The Labute approximate surface area is 394 Å². The van der Waals surface area contributed by atoms with Gasteiger partial charge < -0.3 is 25.2 Å². The van der Waals surface area contributed by atoms with Gasteiger partial charge in [-0.2, -0.15) is 0 Å². The minimum atomic E-state index is -4.62. The second-order valence-electron chi connectivity index (χ2n) is 18.7. The number of carbonyl (C=O) groups excluding carboxylic acids is 1. The van der Waals surface area contributed by atoms with Crippen LogP contribution < -0.4 is 5.73 Å². The highest BCUT2D eigenvalue weighted by atomic mass is 31.2. The number of carboxylic acid groups (broad SMARTS) is 1. The molecule has 0 aliphatic carbocycles. The maximum atomic E-state index is 12.7. The van der Waals surface area contributed by atoms with Crippen molar-refractivity contribution in [2.45, 2.75) is 289 Å². The number of hydrogen-bond donors (Lipinski definition) is 3. The van der Waals surface area contributed by atoms with Crippen molar-refractivity contribution in [2.24, 2.45) is 5.73 Å². The Balaban J connectivity index is 4.05. The zero-order valence-electron chi connectivity index (χ0n) is 41.9. The first-order valence-corrected chi connectivity index (χ1v) is 28.7. The van der Waals surface area contributed by atoms with Crippen LogP contribution in [0.2, 0.25) is 0 Å². The Morgan fingerprint density at radius 3 is 1.19 bits per heavy atom. The standard InChI is InChI=1S/C53H104NO9P/c1-3-5-7-9-11-13-15-17-19-21-23-24-25-26-28-30-32-34-36-38-40-42-44-46-60-47-50(48-61-64(58,59)62-49-51(54)53(56)57)63-52(55)45-43-41-39-37-35-33-31-29-27-22-20-18-16-14-12-10-8-6-4-2/h18,20,50-51H,3-17,19,21-49,54H2,1-2H3,(H,56,57)(H,58,59)/b20-18-. The predicted octanol–water partition coefficient (Wildman–Crippen LogP) is 16.1. The van der Waals surface area contributed by atoms with Gasteiger partial charge in [-0.25, -0.2) is 4.57 Å². The van der Waals surface area contributed by atoms with Crippen molar-refractivity contribution in [2.75, 3.05) is 26.4 Å². The van der Waals surface area contributed by atoms with Crippen LogP contribution in [0.4, 0.5) is 0 Å². The fourth-order valence-corrected chi connectivity index (χ4v) is 8.85. The number of unbranched alkanes of at least 4 members (excludes halogenated alkanes) is 37. The van der Waals surface area contributed by atoms with E-state index in [2.05, 4.69) is 26.0 Å². The largest absolute Gasteiger partial charge is 0.480 e. The van der Waals surface area contributed by atoms with Crippen molar-refractivity contribution in [3.8, 4) is 0 Å². The molecule has 10 nitrogen and oxygen atoms in total. The summed E-state index contributed by atoms with van der Waals surface area (Å²) < 4.78 is 33.6. The maximum Gasteiger partial charge on any atom is 0.472 e. The molecular formula is C53H104NO9P. The molecule has 0 aromatic carbocycles. The topological polar surface area (TPSA) is 155 Å². The summed E-state index contributed by atoms with van der Waals surface area (Å²) >= 11 is 0. The van der Waals surface area contributed by atoms with Crippen LogP contribution in [0, 0.1) is 0 Å². The minimum absolute atomic E-state index is 0.0230. The summed E-state index contributed by atoms with van der Waals surface area (Å²) in [6.45, 7) is 3.95. The van der Waals surface area contributed by atoms with E-state index in [9.17, 15) is 19.0 Å². The third-order valence-corrected chi connectivity index (χ3v) is 13.2. The average Bonchev–Trinajstić information content (AvgIpc) is 3.28. The second-order valence-corrected chi connectivity index (χ2v) is 20.2. The molecule has 0 aromatic rings. The number of rotatable bonds is 53. The molecule has 0 fully saturated rings. The fraction of sp³-hybridized carbons (Fsp3) is 0.925. The van der Waals surface area contributed by atoms with Crippen molar-refractivity contribution in [1.82, 2.24) is 0 Å². The molecular weight excluding hydrogens is 826 g/mol. The van der Waals surface area contributed by atoms with Crippen LogP contribution in [0.1, 0.15) is 277 Å². The lowest BCUT2D eigenvalue weighted by atomic mass is 10.0. The van der Waals surface area contributed by atoms with Crippen LogP contribution in [-0.4, -0.2) is 60.5 Å². The van der Waals surface area contributed by atoms with Crippen molar-refractivity contribution < 1.29 is 42.7 Å². The van der Waals surface area contributed by atoms with E-state index in [0.29, 0.717) is 13.0 Å². The Morgan fingerprint density at radius 1 is 0.484 bits per heavy atom. The van der Waals surface area contributed by atoms with Crippen molar-refractivity contribution >= 4 is 19.8 Å². The Morgan fingerprint density at radius 2 is 0.812 bits per heavy atom. The third-order valence-electron chi connectivity index (χ3n) is 12.3. The van der Waals surface area contributed by atoms with E-state index in [4.69, 9.17) is 29.4 Å². The van der Waals surface area contributed by atoms with Gasteiger partial charge in [0.2, 0.25) is 0 Å². The van der Waals surface area contributed by atoms with Gasteiger partial charge in [-0.15, -0.1) is 0 Å². The molecule has 0 saturated carbocycles. The summed E-state index contributed by atoms with van der Waals surface area (Å²) in [5.41, 5.74) is 5.38. The average molecular weight is 930 g/mol. The third kappa shape index (κ3) is 48.6. The summed E-state index contributed by atoms with van der Waals surface area (Å²) in [5.74, 6) is -1.77. The number of phosphoric ester groups is 1. The molecule has 0 rings (SSSR count). The molecule has 11 heteroatoms. The molecule has 0 spiro atoms. The monoisotopic (exact) mass is 930 g/mol. The number of ether oxygens (including phenoxy) is 2. The first kappa shape index (κ1) is 62.7. The van der Waals surface area contributed by atoms with E-state index >= 15 is 0 Å². The lowest BCUT2D eigenvalue weighted by Gasteiger charge is -2.20. The number of aliphatic carboxylic acids is 1. The molecule has 0 aliphatic rings. The first-order valence-electron chi connectivity index (χ1n) is 27.2. The highest BCUT2D eigenvalue weighted by Crippen LogP contribution is 2.43. The van der Waals surface area contributed by atoms with E-state index in [1.54, 1.807) is 0 Å². The van der Waals surface area contributed by atoms with Gasteiger partial charge in [-0.05, 0) is 38.5 Å². The number of carboxylic acids is 1. The normalized spacial score (nSPS) is 13.7. The first-order chi connectivity index (χ1) is 31.2. The number of allylic oxidation sites excluding steroid dienone is 2. The fourth-order valence-electron chi connectivity index (χ4n) is 8.07.